The average molecular weight is 444 g/mol. The maximum Gasteiger partial charge on any atom is 0.524 e. The Bertz CT molecular complexity index is 1140. The minimum Gasteiger partial charge on any atom is -0.404 e. The summed E-state index contributed by atoms with van der Waals surface area (Å²) in [5, 5.41) is 21.9. The molecular weight excluding hydrogens is 427 g/mol. The van der Waals surface area contributed by atoms with Crippen LogP contribution in [-0.2, 0) is 4.57 Å². The largest absolute Gasteiger partial charge is 0.524 e. The number of non-ortho nitro benzene ring substituents is 2. The smallest absolute Gasteiger partial charge is 0.404 e. The minimum absolute atomic E-state index is 0.0301. The van der Waals surface area contributed by atoms with Crippen LogP contribution in [0.4, 0.5) is 11.4 Å². The molecule has 0 fully saturated rings. The van der Waals surface area contributed by atoms with Crippen molar-refractivity contribution >= 4 is 19.2 Å². The van der Waals surface area contributed by atoms with Crippen LogP contribution in [0.1, 0.15) is 11.1 Å². The second-order valence-corrected chi connectivity index (χ2v) is 7.90. The molecule has 0 radical (unpaired) electrons. The number of rotatable bonds is 6. The van der Waals surface area contributed by atoms with E-state index in [4.69, 9.17) is 4.52 Å². The summed E-state index contributed by atoms with van der Waals surface area (Å²) in [6.07, 6.45) is 0. The van der Waals surface area contributed by atoms with Crippen LogP contribution in [0.15, 0.2) is 54.6 Å². The van der Waals surface area contributed by atoms with Gasteiger partial charge in [0.1, 0.15) is 5.75 Å². The van der Waals surface area contributed by atoms with Gasteiger partial charge in [0.25, 0.3) is 11.4 Å². The molecule has 11 heteroatoms. The highest BCUT2D eigenvalue weighted by Gasteiger charge is 2.24. The number of nitro benzene ring substituents is 2. The summed E-state index contributed by atoms with van der Waals surface area (Å²) in [6.45, 7) is 3.24. The molecule has 3 aromatic rings. The predicted molar refractivity (Wildman–Crippen MR) is 113 cm³/mol. The standard InChI is InChI=1S/C20H17N2O8P/c1-12-18(14-3-7-16(8-4-14)21(23)24)11-19(13(2)20(12)30-31(27,28)29)15-5-9-17(10-6-15)22(25)26/h3-11H,1-2H3,(H2,27,28,29). The van der Waals surface area contributed by atoms with Crippen molar-refractivity contribution in [3.05, 3.63) is 86.0 Å². The minimum atomic E-state index is -4.88. The number of hydrogen-bond acceptors (Lipinski definition) is 6. The molecule has 3 rings (SSSR count). The molecule has 2 N–H and O–H groups in total. The predicted octanol–water partition coefficient (Wildman–Crippen LogP) is 4.93. The molecule has 0 aliphatic heterocycles. The number of phosphoric acid groups is 1. The lowest BCUT2D eigenvalue weighted by Crippen LogP contribution is -2.00. The zero-order valence-corrected chi connectivity index (χ0v) is 17.3. The van der Waals surface area contributed by atoms with Gasteiger partial charge in [-0.25, -0.2) is 4.57 Å². The number of nitrogens with zero attached hydrogens (tertiary/aromatic N) is 2. The Hall–Kier alpha value is -3.59. The molecule has 0 amide bonds. The zero-order chi connectivity index (χ0) is 22.9. The van der Waals surface area contributed by atoms with E-state index in [1.54, 1.807) is 19.9 Å². The quantitative estimate of drug-likeness (QED) is 0.308. The fraction of sp³-hybridized carbons (Fsp3) is 0.100. The van der Waals surface area contributed by atoms with Crippen LogP contribution >= 0.6 is 7.82 Å². The SMILES string of the molecule is Cc1c(-c2ccc([N+](=O)[O-])cc2)cc(-c2ccc([N+](=O)[O-])cc2)c(C)c1OP(=O)(O)O. The van der Waals surface area contributed by atoms with E-state index >= 15 is 0 Å². The van der Waals surface area contributed by atoms with E-state index in [1.165, 1.54) is 48.5 Å². The van der Waals surface area contributed by atoms with Crippen molar-refractivity contribution < 1.29 is 28.7 Å². The van der Waals surface area contributed by atoms with Gasteiger partial charge in [-0.15, -0.1) is 0 Å². The molecule has 0 saturated heterocycles. The third-order valence-electron chi connectivity index (χ3n) is 4.77. The third-order valence-corrected chi connectivity index (χ3v) is 5.19. The number of nitro groups is 2. The van der Waals surface area contributed by atoms with Crippen LogP contribution in [0.3, 0.4) is 0 Å². The zero-order valence-electron chi connectivity index (χ0n) is 16.4. The molecule has 0 atom stereocenters. The average Bonchev–Trinajstić information content (AvgIpc) is 2.71. The first kappa shape index (κ1) is 22.1. The van der Waals surface area contributed by atoms with Crippen LogP contribution in [-0.4, -0.2) is 19.6 Å². The second-order valence-electron chi connectivity index (χ2n) is 6.74. The van der Waals surface area contributed by atoms with Crippen molar-refractivity contribution in [1.82, 2.24) is 0 Å². The second kappa shape index (κ2) is 8.27. The molecule has 3 aromatic carbocycles. The van der Waals surface area contributed by atoms with Gasteiger partial charge in [0, 0.05) is 24.3 Å². The lowest BCUT2D eigenvalue weighted by Gasteiger charge is -2.19. The molecule has 10 nitrogen and oxygen atoms in total. The van der Waals surface area contributed by atoms with Crippen molar-refractivity contribution in [1.29, 1.82) is 0 Å². The fourth-order valence-electron chi connectivity index (χ4n) is 3.27. The van der Waals surface area contributed by atoms with Gasteiger partial charge in [-0.3, -0.25) is 30.0 Å². The molecule has 0 aliphatic rings. The van der Waals surface area contributed by atoms with Crippen molar-refractivity contribution in [2.24, 2.45) is 0 Å². The number of phosphoric ester groups is 1. The molecule has 0 unspecified atom stereocenters. The van der Waals surface area contributed by atoms with Crippen LogP contribution in [0.25, 0.3) is 22.3 Å². The van der Waals surface area contributed by atoms with Gasteiger partial charge in [-0.2, -0.15) is 0 Å². The summed E-state index contributed by atoms with van der Waals surface area (Å²) < 4.78 is 16.5. The molecule has 31 heavy (non-hydrogen) atoms. The first-order valence-electron chi connectivity index (χ1n) is 8.87. The van der Waals surface area contributed by atoms with Crippen LogP contribution in [0, 0.1) is 34.1 Å². The van der Waals surface area contributed by atoms with Crippen molar-refractivity contribution in [3.8, 4) is 28.0 Å². The van der Waals surface area contributed by atoms with Crippen LogP contribution < -0.4 is 4.52 Å². The summed E-state index contributed by atoms with van der Waals surface area (Å²) in [5.41, 5.74) is 2.88. The molecular formula is C20H17N2O8P. The normalized spacial score (nSPS) is 11.2. The highest BCUT2D eigenvalue weighted by molar-refractivity contribution is 7.46. The Morgan fingerprint density at radius 3 is 1.42 bits per heavy atom. The van der Waals surface area contributed by atoms with Gasteiger partial charge in [0.2, 0.25) is 0 Å². The monoisotopic (exact) mass is 444 g/mol. The Morgan fingerprint density at radius 1 is 0.774 bits per heavy atom. The maximum atomic E-state index is 11.6. The topological polar surface area (TPSA) is 153 Å². The van der Waals surface area contributed by atoms with Crippen molar-refractivity contribution in [2.75, 3.05) is 0 Å². The van der Waals surface area contributed by atoms with E-state index in [0.29, 0.717) is 33.4 Å². The first-order chi connectivity index (χ1) is 14.5. The number of hydrogen-bond donors (Lipinski definition) is 2. The van der Waals surface area contributed by atoms with E-state index in [2.05, 4.69) is 0 Å². The molecule has 0 spiro atoms. The molecule has 0 saturated carbocycles. The summed E-state index contributed by atoms with van der Waals surface area (Å²) >= 11 is 0. The summed E-state index contributed by atoms with van der Waals surface area (Å²) in [5.74, 6) is -0.0301. The van der Waals surface area contributed by atoms with Gasteiger partial charge in [-0.05, 0) is 77.6 Å². The van der Waals surface area contributed by atoms with Gasteiger partial charge in [0.15, 0.2) is 0 Å². The van der Waals surface area contributed by atoms with E-state index < -0.39 is 17.7 Å². The first-order valence-corrected chi connectivity index (χ1v) is 10.4. The molecule has 160 valence electrons. The van der Waals surface area contributed by atoms with Crippen molar-refractivity contribution in [2.45, 2.75) is 13.8 Å². The van der Waals surface area contributed by atoms with E-state index in [-0.39, 0.29) is 17.1 Å². The van der Waals surface area contributed by atoms with E-state index in [1.807, 2.05) is 0 Å². The molecule has 0 bridgehead atoms. The maximum absolute atomic E-state index is 11.6. The lowest BCUT2D eigenvalue weighted by molar-refractivity contribution is -0.385. The Labute approximate surface area is 176 Å². The number of benzene rings is 3. The van der Waals surface area contributed by atoms with Crippen molar-refractivity contribution in [3.63, 3.8) is 0 Å². The van der Waals surface area contributed by atoms with Gasteiger partial charge >= 0.3 is 7.82 Å². The fourth-order valence-corrected chi connectivity index (χ4v) is 3.78. The molecule has 0 heterocycles. The molecule has 0 aliphatic carbocycles. The molecule has 0 aromatic heterocycles. The lowest BCUT2D eigenvalue weighted by atomic mass is 9.90. The Balaban J connectivity index is 2.24. The van der Waals surface area contributed by atoms with Gasteiger partial charge in [-0.1, -0.05) is 0 Å². The summed E-state index contributed by atoms with van der Waals surface area (Å²) in [4.78, 5) is 39.6. The highest BCUT2D eigenvalue weighted by Crippen LogP contribution is 2.46. The Kier molecular flexibility index (Phi) is 5.90. The van der Waals surface area contributed by atoms with Crippen LogP contribution in [0.2, 0.25) is 0 Å². The summed E-state index contributed by atoms with van der Waals surface area (Å²) in [6, 6.07) is 13.1. The highest BCUT2D eigenvalue weighted by atomic mass is 31.2. The van der Waals surface area contributed by atoms with Gasteiger partial charge < -0.3 is 4.52 Å². The van der Waals surface area contributed by atoms with Gasteiger partial charge in [0.05, 0.1) is 9.85 Å². The van der Waals surface area contributed by atoms with E-state index in [9.17, 15) is 34.6 Å². The Morgan fingerprint density at radius 2 is 1.13 bits per heavy atom. The van der Waals surface area contributed by atoms with Crippen LogP contribution in [0.5, 0.6) is 5.75 Å². The summed E-state index contributed by atoms with van der Waals surface area (Å²) in [7, 11) is -4.88. The van der Waals surface area contributed by atoms with E-state index in [0.717, 1.165) is 0 Å². The third kappa shape index (κ3) is 4.77.